The Morgan fingerprint density at radius 3 is 2.19 bits per heavy atom. The molecule has 16 heavy (non-hydrogen) atoms. The van der Waals surface area contributed by atoms with Crippen molar-refractivity contribution in [3.8, 4) is 22.6 Å². The maximum atomic E-state index is 9.72. The summed E-state index contributed by atoms with van der Waals surface area (Å²) >= 11 is 0. The van der Waals surface area contributed by atoms with E-state index in [4.69, 9.17) is 11.5 Å². The standard InChI is InChI=1S/C12H12N2O2/c13-9-5-1-3-7(11(9)14)8-4-2-6-10(15)12(8)16/h1-6,15-16H,13-14H2. The third-order valence-corrected chi connectivity index (χ3v) is 2.44. The highest BCUT2D eigenvalue weighted by atomic mass is 16.3. The van der Waals surface area contributed by atoms with Crippen molar-refractivity contribution in [1.82, 2.24) is 0 Å². The number of hydrogen-bond donors (Lipinski definition) is 4. The Morgan fingerprint density at radius 1 is 0.812 bits per heavy atom. The number of phenolic OH excluding ortho intramolecular Hbond substituents is 2. The van der Waals surface area contributed by atoms with Crippen molar-refractivity contribution < 1.29 is 10.2 Å². The molecule has 2 aromatic carbocycles. The highest BCUT2D eigenvalue weighted by molar-refractivity contribution is 5.87. The monoisotopic (exact) mass is 216 g/mol. The van der Waals surface area contributed by atoms with Gasteiger partial charge >= 0.3 is 0 Å². The van der Waals surface area contributed by atoms with Crippen LogP contribution in [0.15, 0.2) is 36.4 Å². The highest BCUT2D eigenvalue weighted by Crippen LogP contribution is 2.39. The molecule has 2 aromatic rings. The van der Waals surface area contributed by atoms with Crippen molar-refractivity contribution in [2.75, 3.05) is 11.5 Å². The molecule has 0 fully saturated rings. The lowest BCUT2D eigenvalue weighted by Gasteiger charge is -2.10. The Balaban J connectivity index is 2.68. The minimum absolute atomic E-state index is 0.181. The molecule has 0 aromatic heterocycles. The van der Waals surface area contributed by atoms with Crippen LogP contribution in [-0.4, -0.2) is 10.2 Å². The summed E-state index contributed by atoms with van der Waals surface area (Å²) in [5, 5.41) is 19.1. The number of phenols is 2. The predicted molar refractivity (Wildman–Crippen MR) is 64.0 cm³/mol. The van der Waals surface area contributed by atoms with Crippen LogP contribution in [0.5, 0.6) is 11.5 Å². The number of para-hydroxylation sites is 2. The van der Waals surface area contributed by atoms with Crippen molar-refractivity contribution in [2.45, 2.75) is 0 Å². The van der Waals surface area contributed by atoms with Crippen LogP contribution in [0.25, 0.3) is 11.1 Å². The first-order chi connectivity index (χ1) is 7.61. The molecule has 0 aliphatic rings. The molecule has 4 heteroatoms. The van der Waals surface area contributed by atoms with E-state index in [0.29, 0.717) is 22.5 Å². The molecular formula is C12H12N2O2. The summed E-state index contributed by atoms with van der Waals surface area (Å²) in [7, 11) is 0. The molecule has 0 heterocycles. The van der Waals surface area contributed by atoms with E-state index in [2.05, 4.69) is 0 Å². The minimum atomic E-state index is -0.195. The first kappa shape index (κ1) is 10.2. The van der Waals surface area contributed by atoms with E-state index >= 15 is 0 Å². The van der Waals surface area contributed by atoms with Gasteiger partial charge in [-0.1, -0.05) is 24.3 Å². The third-order valence-electron chi connectivity index (χ3n) is 2.44. The molecule has 0 aliphatic carbocycles. The molecule has 0 aliphatic heterocycles. The molecule has 0 bridgehead atoms. The number of benzene rings is 2. The molecule has 0 radical (unpaired) electrons. The fourth-order valence-electron chi connectivity index (χ4n) is 1.57. The van der Waals surface area contributed by atoms with Gasteiger partial charge in [0.15, 0.2) is 11.5 Å². The summed E-state index contributed by atoms with van der Waals surface area (Å²) in [6, 6.07) is 9.86. The lowest BCUT2D eigenvalue weighted by molar-refractivity contribution is 0.405. The fraction of sp³-hybridized carbons (Fsp3) is 0. The number of aromatic hydroxyl groups is 2. The van der Waals surface area contributed by atoms with Crippen LogP contribution < -0.4 is 11.5 Å². The Morgan fingerprint density at radius 2 is 1.44 bits per heavy atom. The average Bonchev–Trinajstić information content (AvgIpc) is 2.27. The predicted octanol–water partition coefficient (Wildman–Crippen LogP) is 1.93. The first-order valence-corrected chi connectivity index (χ1v) is 4.76. The Hall–Kier alpha value is -2.36. The summed E-state index contributed by atoms with van der Waals surface area (Å²) in [6.45, 7) is 0. The van der Waals surface area contributed by atoms with Gasteiger partial charge in [0.25, 0.3) is 0 Å². The zero-order chi connectivity index (χ0) is 11.7. The van der Waals surface area contributed by atoms with Crippen LogP contribution in [0.4, 0.5) is 11.4 Å². The molecule has 4 nitrogen and oxygen atoms in total. The molecule has 2 rings (SSSR count). The molecule has 0 saturated heterocycles. The molecule has 0 spiro atoms. The lowest BCUT2D eigenvalue weighted by Crippen LogP contribution is -1.96. The van der Waals surface area contributed by atoms with Gasteiger partial charge in [0, 0.05) is 11.1 Å². The Bertz CT molecular complexity index is 489. The van der Waals surface area contributed by atoms with Crippen LogP contribution in [-0.2, 0) is 0 Å². The SMILES string of the molecule is Nc1cccc(-c2cccc(O)c2O)c1N. The smallest absolute Gasteiger partial charge is 0.165 e. The normalized spacial score (nSPS) is 10.2. The second-order valence-electron chi connectivity index (χ2n) is 3.48. The lowest BCUT2D eigenvalue weighted by atomic mass is 10.0. The summed E-state index contributed by atoms with van der Waals surface area (Å²) in [4.78, 5) is 0. The molecule has 0 saturated carbocycles. The zero-order valence-electron chi connectivity index (χ0n) is 8.51. The summed E-state index contributed by atoms with van der Waals surface area (Å²) < 4.78 is 0. The highest BCUT2D eigenvalue weighted by Gasteiger charge is 2.11. The largest absolute Gasteiger partial charge is 0.504 e. The number of nitrogen functional groups attached to an aromatic ring is 2. The van der Waals surface area contributed by atoms with Gasteiger partial charge in [-0.3, -0.25) is 0 Å². The van der Waals surface area contributed by atoms with Gasteiger partial charge in [0.05, 0.1) is 11.4 Å². The van der Waals surface area contributed by atoms with Crippen LogP contribution in [0.3, 0.4) is 0 Å². The fourth-order valence-corrected chi connectivity index (χ4v) is 1.57. The van der Waals surface area contributed by atoms with Gasteiger partial charge < -0.3 is 21.7 Å². The van der Waals surface area contributed by atoms with Crippen LogP contribution in [0.1, 0.15) is 0 Å². The van der Waals surface area contributed by atoms with Crippen molar-refractivity contribution >= 4 is 11.4 Å². The van der Waals surface area contributed by atoms with E-state index in [1.165, 1.54) is 6.07 Å². The topological polar surface area (TPSA) is 92.5 Å². The van der Waals surface area contributed by atoms with E-state index in [0.717, 1.165) is 0 Å². The van der Waals surface area contributed by atoms with Gasteiger partial charge in [-0.25, -0.2) is 0 Å². The second-order valence-corrected chi connectivity index (χ2v) is 3.48. The van der Waals surface area contributed by atoms with E-state index in [-0.39, 0.29) is 11.5 Å². The summed E-state index contributed by atoms with van der Waals surface area (Å²) in [5.41, 5.74) is 13.4. The summed E-state index contributed by atoms with van der Waals surface area (Å²) in [6.07, 6.45) is 0. The molecule has 0 amide bonds. The molecule has 0 atom stereocenters. The average molecular weight is 216 g/mol. The molecule has 82 valence electrons. The molecule has 6 N–H and O–H groups in total. The van der Waals surface area contributed by atoms with Crippen molar-refractivity contribution in [3.63, 3.8) is 0 Å². The van der Waals surface area contributed by atoms with E-state index in [9.17, 15) is 10.2 Å². The van der Waals surface area contributed by atoms with Crippen LogP contribution >= 0.6 is 0 Å². The number of nitrogens with two attached hydrogens (primary N) is 2. The van der Waals surface area contributed by atoms with Gasteiger partial charge in [-0.05, 0) is 12.1 Å². The first-order valence-electron chi connectivity index (χ1n) is 4.76. The number of rotatable bonds is 1. The van der Waals surface area contributed by atoms with Gasteiger partial charge in [0.2, 0.25) is 0 Å². The third kappa shape index (κ3) is 1.50. The van der Waals surface area contributed by atoms with Crippen LogP contribution in [0.2, 0.25) is 0 Å². The van der Waals surface area contributed by atoms with Crippen molar-refractivity contribution in [1.29, 1.82) is 0 Å². The Labute approximate surface area is 92.8 Å². The van der Waals surface area contributed by atoms with Crippen molar-refractivity contribution in [2.24, 2.45) is 0 Å². The van der Waals surface area contributed by atoms with Crippen molar-refractivity contribution in [3.05, 3.63) is 36.4 Å². The summed E-state index contributed by atoms with van der Waals surface area (Å²) in [5.74, 6) is -0.376. The zero-order valence-corrected chi connectivity index (χ0v) is 8.51. The Kier molecular flexibility index (Phi) is 2.32. The molecule has 0 unspecified atom stereocenters. The van der Waals surface area contributed by atoms with Crippen LogP contribution in [0, 0.1) is 0 Å². The maximum absolute atomic E-state index is 9.72. The maximum Gasteiger partial charge on any atom is 0.165 e. The second kappa shape index (κ2) is 3.66. The van der Waals surface area contributed by atoms with E-state index in [1.807, 2.05) is 0 Å². The van der Waals surface area contributed by atoms with E-state index < -0.39 is 0 Å². The van der Waals surface area contributed by atoms with Gasteiger partial charge in [0.1, 0.15) is 0 Å². The quantitative estimate of drug-likeness (QED) is 0.433. The number of anilines is 2. The van der Waals surface area contributed by atoms with E-state index in [1.54, 1.807) is 30.3 Å². The van der Waals surface area contributed by atoms with Gasteiger partial charge in [-0.15, -0.1) is 0 Å². The number of hydrogen-bond acceptors (Lipinski definition) is 4. The molecular weight excluding hydrogens is 204 g/mol. The van der Waals surface area contributed by atoms with Gasteiger partial charge in [-0.2, -0.15) is 0 Å². The minimum Gasteiger partial charge on any atom is -0.504 e.